The molecule has 2 N–H and O–H groups in total. The van der Waals surface area contributed by atoms with Gasteiger partial charge in [0.25, 0.3) is 5.91 Å². The molecule has 5 heteroatoms. The lowest BCUT2D eigenvalue weighted by atomic mass is 10.1. The normalized spacial score (nSPS) is 12.9. The summed E-state index contributed by atoms with van der Waals surface area (Å²) in [6.07, 6.45) is 3.75. The van der Waals surface area contributed by atoms with Gasteiger partial charge >= 0.3 is 0 Å². The fourth-order valence-electron chi connectivity index (χ4n) is 2.67. The molecule has 1 aliphatic rings. The standard InChI is InChI=1S/C16H18ClN3O/c1-2-7-20-10-12(17)9-15(20)16(21)19-13-3-4-14-11(8-13)5-6-18-14/h3-4,8-10,18H,2,5-7H2,1H3,(H,19,21). The van der Waals surface area contributed by atoms with Crippen LogP contribution in [0.5, 0.6) is 0 Å². The highest BCUT2D eigenvalue weighted by Crippen LogP contribution is 2.25. The third kappa shape index (κ3) is 2.90. The van der Waals surface area contributed by atoms with Crippen molar-refractivity contribution in [1.82, 2.24) is 4.57 Å². The second kappa shape index (κ2) is 5.82. The summed E-state index contributed by atoms with van der Waals surface area (Å²) >= 11 is 6.02. The average Bonchev–Trinajstić information content (AvgIpc) is 3.05. The molecule has 0 saturated heterocycles. The molecule has 3 rings (SSSR count). The van der Waals surface area contributed by atoms with Crippen molar-refractivity contribution in [2.24, 2.45) is 0 Å². The highest BCUT2D eigenvalue weighted by Gasteiger charge is 2.15. The van der Waals surface area contributed by atoms with Gasteiger partial charge in [0.1, 0.15) is 5.69 Å². The number of carbonyl (C=O) groups is 1. The minimum Gasteiger partial charge on any atom is -0.384 e. The molecule has 0 unspecified atom stereocenters. The van der Waals surface area contributed by atoms with Gasteiger partial charge in [-0.1, -0.05) is 18.5 Å². The Hall–Kier alpha value is -1.94. The molecule has 0 radical (unpaired) electrons. The van der Waals surface area contributed by atoms with Gasteiger partial charge < -0.3 is 15.2 Å². The number of aromatic nitrogens is 1. The monoisotopic (exact) mass is 303 g/mol. The first-order valence-electron chi connectivity index (χ1n) is 7.21. The van der Waals surface area contributed by atoms with Gasteiger partial charge in [-0.05, 0) is 42.7 Å². The molecule has 110 valence electrons. The second-order valence-electron chi connectivity index (χ2n) is 5.24. The molecule has 0 fully saturated rings. The minimum atomic E-state index is -0.124. The van der Waals surface area contributed by atoms with Crippen molar-refractivity contribution in [3.05, 3.63) is 46.7 Å². The molecular weight excluding hydrogens is 286 g/mol. The van der Waals surface area contributed by atoms with E-state index >= 15 is 0 Å². The van der Waals surface area contributed by atoms with Crippen LogP contribution in [0.2, 0.25) is 5.02 Å². The topological polar surface area (TPSA) is 46.1 Å². The van der Waals surface area contributed by atoms with Crippen LogP contribution in [0, 0.1) is 0 Å². The molecule has 2 heterocycles. The Morgan fingerprint density at radius 1 is 1.43 bits per heavy atom. The first-order chi connectivity index (χ1) is 10.2. The lowest BCUT2D eigenvalue weighted by Crippen LogP contribution is -2.16. The summed E-state index contributed by atoms with van der Waals surface area (Å²) in [7, 11) is 0. The maximum atomic E-state index is 12.4. The molecule has 1 aliphatic heterocycles. The zero-order chi connectivity index (χ0) is 14.8. The van der Waals surface area contributed by atoms with Crippen molar-refractivity contribution in [3.63, 3.8) is 0 Å². The van der Waals surface area contributed by atoms with E-state index in [2.05, 4.69) is 17.6 Å². The van der Waals surface area contributed by atoms with Crippen LogP contribution in [0.4, 0.5) is 11.4 Å². The fraction of sp³-hybridized carbons (Fsp3) is 0.312. The van der Waals surface area contributed by atoms with Crippen LogP contribution in [0.15, 0.2) is 30.5 Å². The van der Waals surface area contributed by atoms with E-state index in [0.717, 1.165) is 37.3 Å². The van der Waals surface area contributed by atoms with Gasteiger partial charge in [0.2, 0.25) is 0 Å². The molecule has 1 aromatic carbocycles. The van der Waals surface area contributed by atoms with E-state index < -0.39 is 0 Å². The van der Waals surface area contributed by atoms with E-state index in [1.165, 1.54) is 5.56 Å². The quantitative estimate of drug-likeness (QED) is 0.903. The predicted molar refractivity (Wildman–Crippen MR) is 86.3 cm³/mol. The van der Waals surface area contributed by atoms with Gasteiger partial charge in [-0.25, -0.2) is 0 Å². The van der Waals surface area contributed by atoms with Gasteiger partial charge in [-0.2, -0.15) is 0 Å². The maximum Gasteiger partial charge on any atom is 0.272 e. The van der Waals surface area contributed by atoms with Crippen molar-refractivity contribution in [1.29, 1.82) is 0 Å². The highest BCUT2D eigenvalue weighted by atomic mass is 35.5. The Labute approximate surface area is 129 Å². The van der Waals surface area contributed by atoms with Gasteiger partial charge in [0.15, 0.2) is 0 Å². The van der Waals surface area contributed by atoms with Crippen LogP contribution in [0.1, 0.15) is 29.4 Å². The number of hydrogen-bond donors (Lipinski definition) is 2. The molecule has 0 atom stereocenters. The molecular formula is C16H18ClN3O. The lowest BCUT2D eigenvalue weighted by molar-refractivity contribution is 0.101. The third-order valence-corrected chi connectivity index (χ3v) is 3.84. The van der Waals surface area contributed by atoms with Crippen molar-refractivity contribution in [3.8, 4) is 0 Å². The van der Waals surface area contributed by atoms with E-state index in [1.807, 2.05) is 22.8 Å². The lowest BCUT2D eigenvalue weighted by Gasteiger charge is -2.10. The number of benzene rings is 1. The summed E-state index contributed by atoms with van der Waals surface area (Å²) in [6.45, 7) is 3.81. The van der Waals surface area contributed by atoms with E-state index in [1.54, 1.807) is 12.3 Å². The first kappa shape index (κ1) is 14.0. The van der Waals surface area contributed by atoms with Crippen molar-refractivity contribution in [2.75, 3.05) is 17.2 Å². The van der Waals surface area contributed by atoms with Crippen molar-refractivity contribution >= 4 is 28.9 Å². The van der Waals surface area contributed by atoms with E-state index in [9.17, 15) is 4.79 Å². The number of halogens is 1. The zero-order valence-corrected chi connectivity index (χ0v) is 12.7. The smallest absolute Gasteiger partial charge is 0.272 e. The number of aryl methyl sites for hydroxylation is 1. The molecule has 0 aliphatic carbocycles. The third-order valence-electron chi connectivity index (χ3n) is 3.63. The Balaban J connectivity index is 1.80. The Morgan fingerprint density at radius 2 is 2.29 bits per heavy atom. The van der Waals surface area contributed by atoms with Crippen LogP contribution in [-0.4, -0.2) is 17.0 Å². The van der Waals surface area contributed by atoms with Gasteiger partial charge in [-0.3, -0.25) is 4.79 Å². The summed E-state index contributed by atoms with van der Waals surface area (Å²) in [5, 5.41) is 6.85. The average molecular weight is 304 g/mol. The fourth-order valence-corrected chi connectivity index (χ4v) is 2.89. The number of amides is 1. The van der Waals surface area contributed by atoms with Crippen molar-refractivity contribution in [2.45, 2.75) is 26.3 Å². The molecule has 0 saturated carbocycles. The zero-order valence-electron chi connectivity index (χ0n) is 11.9. The van der Waals surface area contributed by atoms with E-state index in [-0.39, 0.29) is 5.91 Å². The van der Waals surface area contributed by atoms with Crippen molar-refractivity contribution < 1.29 is 4.79 Å². The molecule has 1 aromatic heterocycles. The summed E-state index contributed by atoms with van der Waals surface area (Å²) in [5.74, 6) is -0.124. The van der Waals surface area contributed by atoms with E-state index in [4.69, 9.17) is 11.6 Å². The molecule has 0 spiro atoms. The number of anilines is 2. The highest BCUT2D eigenvalue weighted by molar-refractivity contribution is 6.31. The minimum absolute atomic E-state index is 0.124. The Kier molecular flexibility index (Phi) is 3.88. The Morgan fingerprint density at radius 3 is 3.10 bits per heavy atom. The number of hydrogen-bond acceptors (Lipinski definition) is 2. The largest absolute Gasteiger partial charge is 0.384 e. The molecule has 21 heavy (non-hydrogen) atoms. The molecule has 0 bridgehead atoms. The van der Waals surface area contributed by atoms with Gasteiger partial charge in [-0.15, -0.1) is 0 Å². The van der Waals surface area contributed by atoms with Crippen LogP contribution in [0.3, 0.4) is 0 Å². The second-order valence-corrected chi connectivity index (χ2v) is 5.68. The molecule has 1 amide bonds. The number of nitrogens with one attached hydrogen (secondary N) is 2. The number of fused-ring (bicyclic) bond motifs is 1. The number of nitrogens with zero attached hydrogens (tertiary/aromatic N) is 1. The van der Waals surface area contributed by atoms with E-state index in [0.29, 0.717) is 10.7 Å². The van der Waals surface area contributed by atoms with Gasteiger partial charge in [0, 0.05) is 30.7 Å². The maximum absolute atomic E-state index is 12.4. The first-order valence-corrected chi connectivity index (χ1v) is 7.59. The SMILES string of the molecule is CCCn1cc(Cl)cc1C(=O)Nc1ccc2c(c1)CCN2. The Bertz CT molecular complexity index is 678. The van der Waals surface area contributed by atoms with Crippen LogP contribution in [-0.2, 0) is 13.0 Å². The number of rotatable bonds is 4. The summed E-state index contributed by atoms with van der Waals surface area (Å²) < 4.78 is 1.90. The van der Waals surface area contributed by atoms with Crippen LogP contribution in [0.25, 0.3) is 0 Å². The summed E-state index contributed by atoms with van der Waals surface area (Å²) in [5.41, 5.74) is 3.82. The molecule has 2 aromatic rings. The van der Waals surface area contributed by atoms with Crippen LogP contribution >= 0.6 is 11.6 Å². The summed E-state index contributed by atoms with van der Waals surface area (Å²) in [4.78, 5) is 12.4. The predicted octanol–water partition coefficient (Wildman–Crippen LogP) is 3.77. The van der Waals surface area contributed by atoms with Gasteiger partial charge in [0.05, 0.1) is 5.02 Å². The van der Waals surface area contributed by atoms with Crippen LogP contribution < -0.4 is 10.6 Å². The molecule has 4 nitrogen and oxygen atoms in total. The number of carbonyl (C=O) groups excluding carboxylic acids is 1. The summed E-state index contributed by atoms with van der Waals surface area (Å²) in [6, 6.07) is 7.67.